The molecule has 6 heteroatoms. The third-order valence-electron chi connectivity index (χ3n) is 6.49. The summed E-state index contributed by atoms with van der Waals surface area (Å²) in [5.41, 5.74) is 5.03. The zero-order chi connectivity index (χ0) is 21.9. The highest BCUT2D eigenvalue weighted by Crippen LogP contribution is 2.30. The number of morpholine rings is 2. The first-order valence-electron chi connectivity index (χ1n) is 11.4. The van der Waals surface area contributed by atoms with Gasteiger partial charge in [0.15, 0.2) is 0 Å². The van der Waals surface area contributed by atoms with Gasteiger partial charge in [0, 0.05) is 32.2 Å². The summed E-state index contributed by atoms with van der Waals surface area (Å²) in [6.07, 6.45) is 1.79. The molecule has 166 valence electrons. The monoisotopic (exact) mass is 430 g/mol. The van der Waals surface area contributed by atoms with Crippen LogP contribution in [0.2, 0.25) is 0 Å². The number of anilines is 2. The van der Waals surface area contributed by atoms with Crippen molar-refractivity contribution in [3.05, 3.63) is 83.2 Å². The Morgan fingerprint density at radius 3 is 1.66 bits per heavy atom. The van der Waals surface area contributed by atoms with Crippen molar-refractivity contribution < 1.29 is 9.47 Å². The Morgan fingerprint density at radius 2 is 1.19 bits per heavy atom. The molecule has 2 saturated heterocycles. The standard InChI is InChI=1S/C26H30N4O2/c1-19-7-3-5-9-21(19)23-16-29(11-13-31-23)25-15-26(28-18-27-25)30-12-14-32-24(17-30)22-10-6-4-8-20(22)2/h3-10,15,18,23-24H,11-14,16-17H2,1-2H3. The Morgan fingerprint density at radius 1 is 0.719 bits per heavy atom. The van der Waals surface area contributed by atoms with Crippen molar-refractivity contribution in [3.8, 4) is 0 Å². The normalized spacial score (nSPS) is 21.6. The zero-order valence-corrected chi connectivity index (χ0v) is 18.8. The molecule has 2 fully saturated rings. The van der Waals surface area contributed by atoms with E-state index in [0.717, 1.165) is 37.8 Å². The fraction of sp³-hybridized carbons (Fsp3) is 0.385. The molecule has 0 radical (unpaired) electrons. The molecule has 2 aromatic carbocycles. The van der Waals surface area contributed by atoms with Crippen molar-refractivity contribution in [1.82, 2.24) is 9.97 Å². The first-order chi connectivity index (χ1) is 15.7. The number of nitrogens with zero attached hydrogens (tertiary/aromatic N) is 4. The van der Waals surface area contributed by atoms with Gasteiger partial charge in [-0.25, -0.2) is 9.97 Å². The van der Waals surface area contributed by atoms with Crippen molar-refractivity contribution in [3.63, 3.8) is 0 Å². The molecule has 32 heavy (non-hydrogen) atoms. The molecule has 2 unspecified atom stereocenters. The molecule has 3 heterocycles. The molecule has 6 nitrogen and oxygen atoms in total. The number of aryl methyl sites for hydroxylation is 2. The number of rotatable bonds is 4. The summed E-state index contributed by atoms with van der Waals surface area (Å²) in [5.74, 6) is 1.91. The Labute approximate surface area is 189 Å². The first kappa shape index (κ1) is 20.9. The third-order valence-corrected chi connectivity index (χ3v) is 6.49. The van der Waals surface area contributed by atoms with Gasteiger partial charge in [0.05, 0.1) is 13.2 Å². The summed E-state index contributed by atoms with van der Waals surface area (Å²) >= 11 is 0. The minimum atomic E-state index is 0.0530. The highest BCUT2D eigenvalue weighted by Gasteiger charge is 2.27. The third kappa shape index (κ3) is 4.33. The van der Waals surface area contributed by atoms with Crippen LogP contribution in [0.5, 0.6) is 0 Å². The van der Waals surface area contributed by atoms with E-state index in [0.29, 0.717) is 13.2 Å². The maximum absolute atomic E-state index is 6.11. The summed E-state index contributed by atoms with van der Waals surface area (Å²) < 4.78 is 12.2. The molecule has 5 rings (SSSR count). The van der Waals surface area contributed by atoms with E-state index in [9.17, 15) is 0 Å². The smallest absolute Gasteiger partial charge is 0.134 e. The Balaban J connectivity index is 1.33. The number of hydrogen-bond acceptors (Lipinski definition) is 6. The maximum Gasteiger partial charge on any atom is 0.134 e. The van der Waals surface area contributed by atoms with Gasteiger partial charge in [0.25, 0.3) is 0 Å². The number of benzene rings is 2. The molecule has 3 aromatic rings. The van der Waals surface area contributed by atoms with E-state index < -0.39 is 0 Å². The van der Waals surface area contributed by atoms with Gasteiger partial charge in [-0.1, -0.05) is 48.5 Å². The van der Waals surface area contributed by atoms with Crippen LogP contribution in [0.3, 0.4) is 0 Å². The van der Waals surface area contributed by atoms with Gasteiger partial charge in [-0.05, 0) is 36.1 Å². The first-order valence-corrected chi connectivity index (χ1v) is 11.4. The van der Waals surface area contributed by atoms with Crippen molar-refractivity contribution in [2.75, 3.05) is 49.2 Å². The zero-order valence-electron chi connectivity index (χ0n) is 18.8. The summed E-state index contributed by atoms with van der Waals surface area (Å²) in [5, 5.41) is 0. The predicted molar refractivity (Wildman–Crippen MR) is 126 cm³/mol. The van der Waals surface area contributed by atoms with Gasteiger partial charge in [-0.15, -0.1) is 0 Å². The van der Waals surface area contributed by atoms with Crippen LogP contribution < -0.4 is 9.80 Å². The summed E-state index contributed by atoms with van der Waals surface area (Å²) in [4.78, 5) is 13.8. The van der Waals surface area contributed by atoms with Crippen LogP contribution in [-0.2, 0) is 9.47 Å². The van der Waals surface area contributed by atoms with Gasteiger partial charge in [0.1, 0.15) is 30.2 Å². The van der Waals surface area contributed by atoms with Gasteiger partial charge >= 0.3 is 0 Å². The topological polar surface area (TPSA) is 50.7 Å². The highest BCUT2D eigenvalue weighted by molar-refractivity contribution is 5.51. The SMILES string of the molecule is Cc1ccccc1C1CN(c2cc(N3CCOC(c4ccccc4C)C3)ncn2)CCO1. The van der Waals surface area contributed by atoms with E-state index >= 15 is 0 Å². The van der Waals surface area contributed by atoms with Gasteiger partial charge in [-0.3, -0.25) is 0 Å². The Bertz CT molecular complexity index is 992. The number of hydrogen-bond donors (Lipinski definition) is 0. The van der Waals surface area contributed by atoms with E-state index in [1.807, 2.05) is 0 Å². The van der Waals surface area contributed by atoms with Crippen LogP contribution in [-0.4, -0.2) is 49.4 Å². The van der Waals surface area contributed by atoms with Crippen LogP contribution in [0.4, 0.5) is 11.6 Å². The minimum Gasteiger partial charge on any atom is -0.370 e. The fourth-order valence-corrected chi connectivity index (χ4v) is 4.67. The van der Waals surface area contributed by atoms with Crippen molar-refractivity contribution in [2.45, 2.75) is 26.1 Å². The maximum atomic E-state index is 6.11. The van der Waals surface area contributed by atoms with Crippen LogP contribution in [0.15, 0.2) is 60.9 Å². The van der Waals surface area contributed by atoms with Crippen LogP contribution >= 0.6 is 0 Å². The predicted octanol–water partition coefficient (Wildman–Crippen LogP) is 4.25. The van der Waals surface area contributed by atoms with E-state index in [1.165, 1.54) is 22.3 Å². The average molecular weight is 431 g/mol. The largest absolute Gasteiger partial charge is 0.370 e. The molecular weight excluding hydrogens is 400 g/mol. The fourth-order valence-electron chi connectivity index (χ4n) is 4.67. The lowest BCUT2D eigenvalue weighted by atomic mass is 10.0. The summed E-state index contributed by atoms with van der Waals surface area (Å²) in [6, 6.07) is 19.0. The second-order valence-electron chi connectivity index (χ2n) is 8.56. The van der Waals surface area contributed by atoms with Crippen LogP contribution in [0, 0.1) is 13.8 Å². The molecule has 2 aliphatic heterocycles. The average Bonchev–Trinajstić information content (AvgIpc) is 2.85. The van der Waals surface area contributed by atoms with E-state index in [4.69, 9.17) is 9.47 Å². The van der Waals surface area contributed by atoms with Crippen molar-refractivity contribution >= 4 is 11.6 Å². The van der Waals surface area contributed by atoms with Gasteiger partial charge in [0.2, 0.25) is 0 Å². The lowest BCUT2D eigenvalue weighted by Gasteiger charge is -2.36. The van der Waals surface area contributed by atoms with E-state index in [-0.39, 0.29) is 12.2 Å². The molecule has 0 aliphatic carbocycles. The molecule has 1 aromatic heterocycles. The number of ether oxygens (including phenoxy) is 2. The number of aromatic nitrogens is 2. The van der Waals surface area contributed by atoms with Crippen LogP contribution in [0.1, 0.15) is 34.5 Å². The Kier molecular flexibility index (Phi) is 6.06. The second kappa shape index (κ2) is 9.27. The molecule has 0 N–H and O–H groups in total. The molecule has 2 aliphatic rings. The van der Waals surface area contributed by atoms with Gasteiger partial charge in [-0.2, -0.15) is 0 Å². The van der Waals surface area contributed by atoms with Crippen molar-refractivity contribution in [1.29, 1.82) is 0 Å². The van der Waals surface area contributed by atoms with E-state index in [1.54, 1.807) is 6.33 Å². The molecular formula is C26H30N4O2. The molecule has 2 atom stereocenters. The molecule has 0 saturated carbocycles. The Hall–Kier alpha value is -2.96. The minimum absolute atomic E-state index is 0.0530. The van der Waals surface area contributed by atoms with Crippen LogP contribution in [0.25, 0.3) is 0 Å². The molecule has 0 spiro atoms. The van der Waals surface area contributed by atoms with Crippen molar-refractivity contribution in [2.24, 2.45) is 0 Å². The van der Waals surface area contributed by atoms with E-state index in [2.05, 4.69) is 88.2 Å². The quantitative estimate of drug-likeness (QED) is 0.617. The lowest BCUT2D eigenvalue weighted by molar-refractivity contribution is 0.0387. The highest BCUT2D eigenvalue weighted by atomic mass is 16.5. The summed E-state index contributed by atoms with van der Waals surface area (Å²) in [7, 11) is 0. The second-order valence-corrected chi connectivity index (χ2v) is 8.56. The lowest BCUT2D eigenvalue weighted by Crippen LogP contribution is -2.40. The molecule has 0 bridgehead atoms. The van der Waals surface area contributed by atoms with Gasteiger partial charge < -0.3 is 19.3 Å². The summed E-state index contributed by atoms with van der Waals surface area (Å²) in [6.45, 7) is 8.89. The molecule has 0 amide bonds.